The Balaban J connectivity index is 1.49. The van der Waals surface area contributed by atoms with E-state index < -0.39 is 11.4 Å². The molecule has 3 aromatic heterocycles. The molecule has 1 amide bonds. The van der Waals surface area contributed by atoms with Gasteiger partial charge >= 0.3 is 6.09 Å². The number of likely N-dealkylation sites (tertiary alicyclic amines) is 1. The van der Waals surface area contributed by atoms with Gasteiger partial charge in [-0.15, -0.1) is 0 Å². The molecule has 4 atom stereocenters. The molecule has 4 aliphatic rings. The highest BCUT2D eigenvalue weighted by Gasteiger charge is 2.50. The number of hydrogen-bond acceptors (Lipinski definition) is 7. The minimum atomic E-state index is -1.16. The first kappa shape index (κ1) is 33.9. The number of rotatable bonds is 7. The molecule has 4 fully saturated rings. The van der Waals surface area contributed by atoms with Crippen LogP contribution in [0.1, 0.15) is 68.6 Å². The van der Waals surface area contributed by atoms with Crippen molar-refractivity contribution in [3.63, 3.8) is 0 Å². The van der Waals surface area contributed by atoms with Gasteiger partial charge in [0.25, 0.3) is 0 Å². The Morgan fingerprint density at radius 1 is 1.22 bits per heavy atom. The van der Waals surface area contributed by atoms with Crippen LogP contribution >= 0.6 is 23.2 Å². The summed E-state index contributed by atoms with van der Waals surface area (Å²) in [5, 5.41) is 25.9. The second kappa shape index (κ2) is 12.7. The Morgan fingerprint density at radius 2 is 2.04 bits per heavy atom. The summed E-state index contributed by atoms with van der Waals surface area (Å²) in [6.45, 7) is 4.78. The van der Waals surface area contributed by atoms with E-state index in [9.17, 15) is 15.2 Å². The maximum Gasteiger partial charge on any atom is 0.410 e. The maximum atomic E-state index is 17.5. The molecule has 1 saturated carbocycles. The van der Waals surface area contributed by atoms with Crippen LogP contribution in [0.25, 0.3) is 44.2 Å². The molecule has 2 N–H and O–H groups in total. The lowest BCUT2D eigenvalue weighted by Crippen LogP contribution is -2.41. The van der Waals surface area contributed by atoms with Crippen molar-refractivity contribution in [2.75, 3.05) is 20.2 Å². The van der Waals surface area contributed by atoms with Crippen molar-refractivity contribution in [3.05, 3.63) is 81.5 Å². The lowest BCUT2D eigenvalue weighted by atomic mass is 9.79. The highest BCUT2D eigenvalue weighted by atomic mass is 35.5. The summed E-state index contributed by atoms with van der Waals surface area (Å²) in [5.74, 6) is -0.195. The third-order valence-corrected chi connectivity index (χ3v) is 11.7. The average Bonchev–Trinajstić information content (AvgIpc) is 3.93. The number of nitrogens with zero attached hydrogens (tertiary/aromatic N) is 5. The standard InChI is InChI=1S/C39H37Cl2FN6O3/c1-39(2,50)30-12-11-21(18-45-30)34-25-17-29(28-10-6-14-47(28)38(49)51-3)48(36-22-16-27(36)44-19-22)37(25)24-15-20(7-5-13-43)31(33(42)35(24)46-34)23-8-4-9-26(40)32(23)41/h4,8-9,11-12,15,17-18,22,27-28,36,44,50H,5-7,10,14,16,19H2,1-3H3/t22-,27-,28-,36+/m1/s1. The number of aromatic nitrogens is 3. The summed E-state index contributed by atoms with van der Waals surface area (Å²) < 4.78 is 25.1. The molecule has 5 aromatic rings. The Hall–Kier alpha value is -4.27. The zero-order valence-corrected chi connectivity index (χ0v) is 30.0. The number of methoxy groups -OCH3 is 1. The van der Waals surface area contributed by atoms with Crippen molar-refractivity contribution < 1.29 is 19.0 Å². The van der Waals surface area contributed by atoms with Crippen molar-refractivity contribution in [2.45, 2.75) is 69.7 Å². The molecule has 3 aliphatic heterocycles. The number of amides is 1. The molecule has 12 heteroatoms. The average molecular weight is 728 g/mol. The van der Waals surface area contributed by atoms with E-state index in [2.05, 4.69) is 27.0 Å². The Bertz CT molecular complexity index is 2250. The molecule has 262 valence electrons. The fourth-order valence-corrected chi connectivity index (χ4v) is 8.87. The van der Waals surface area contributed by atoms with Crippen molar-refractivity contribution in [1.29, 1.82) is 5.26 Å². The fraction of sp³-hybridized carbons (Fsp3) is 0.385. The molecule has 9 rings (SSSR count). The molecular formula is C39H37Cl2FN6O3. The lowest BCUT2D eigenvalue weighted by molar-refractivity contribution is 0.0739. The predicted octanol–water partition coefficient (Wildman–Crippen LogP) is 8.48. The fourth-order valence-electron chi connectivity index (χ4n) is 8.47. The van der Waals surface area contributed by atoms with Gasteiger partial charge in [-0.1, -0.05) is 35.3 Å². The second-order valence-electron chi connectivity index (χ2n) is 14.4. The van der Waals surface area contributed by atoms with Crippen molar-refractivity contribution >= 4 is 51.1 Å². The quantitative estimate of drug-likeness (QED) is 0.173. The second-order valence-corrected chi connectivity index (χ2v) is 15.1. The van der Waals surface area contributed by atoms with Crippen LogP contribution in [0.15, 0.2) is 48.7 Å². The summed E-state index contributed by atoms with van der Waals surface area (Å²) >= 11 is 13.2. The van der Waals surface area contributed by atoms with Crippen LogP contribution in [0.5, 0.6) is 0 Å². The van der Waals surface area contributed by atoms with E-state index >= 15 is 4.39 Å². The van der Waals surface area contributed by atoms with Gasteiger partial charge in [0.2, 0.25) is 0 Å². The predicted molar refractivity (Wildman–Crippen MR) is 195 cm³/mol. The number of carbonyl (C=O) groups is 1. The number of pyridine rings is 2. The van der Waals surface area contributed by atoms with E-state index in [1.807, 2.05) is 12.1 Å². The summed E-state index contributed by atoms with van der Waals surface area (Å²) in [6, 6.07) is 15.1. The Labute approximate surface area is 304 Å². The molecule has 51 heavy (non-hydrogen) atoms. The zero-order chi connectivity index (χ0) is 35.8. The maximum absolute atomic E-state index is 17.5. The highest BCUT2D eigenvalue weighted by Crippen LogP contribution is 2.51. The molecule has 2 aromatic carbocycles. The normalized spacial score (nSPS) is 21.3. The van der Waals surface area contributed by atoms with E-state index in [1.54, 1.807) is 49.2 Å². The molecule has 0 spiro atoms. The highest BCUT2D eigenvalue weighted by molar-refractivity contribution is 6.43. The number of hydrogen-bond donors (Lipinski definition) is 2. The molecule has 6 heterocycles. The summed E-state index contributed by atoms with van der Waals surface area (Å²) in [6.07, 6.45) is 4.35. The number of fused-ring (bicyclic) bond motifs is 4. The first-order chi connectivity index (χ1) is 24.5. The van der Waals surface area contributed by atoms with E-state index in [0.29, 0.717) is 50.9 Å². The number of benzene rings is 2. The summed E-state index contributed by atoms with van der Waals surface area (Å²) in [7, 11) is 1.40. The number of ether oxygens (including phenoxy) is 1. The van der Waals surface area contributed by atoms with E-state index in [-0.39, 0.29) is 53.2 Å². The van der Waals surface area contributed by atoms with Crippen LogP contribution in [0.4, 0.5) is 9.18 Å². The molecule has 1 aliphatic carbocycles. The van der Waals surface area contributed by atoms with Crippen LogP contribution in [0, 0.1) is 23.1 Å². The topological polar surface area (TPSA) is 116 Å². The smallest absolute Gasteiger partial charge is 0.410 e. The van der Waals surface area contributed by atoms with E-state index in [0.717, 1.165) is 42.4 Å². The summed E-state index contributed by atoms with van der Waals surface area (Å²) in [5.41, 5.74) is 3.74. The van der Waals surface area contributed by atoms with Crippen molar-refractivity contribution in [3.8, 4) is 28.5 Å². The van der Waals surface area contributed by atoms with Crippen LogP contribution in [0.2, 0.25) is 10.0 Å². The lowest BCUT2D eigenvalue weighted by Gasteiger charge is -2.39. The SMILES string of the molecule is COC(=O)N1CCC[C@@H]1c1cc2c(-c3ccc(C(C)(C)O)nc3)nc3c(F)c(-c4cccc(Cl)c4Cl)c(CCC#N)cc3c2n1[C@H]1[C@H]2CN[C@@H]1C2. The number of carbonyl (C=O) groups excluding carboxylic acids is 1. The number of nitriles is 1. The molecule has 0 radical (unpaired) electrons. The van der Waals surface area contributed by atoms with Gasteiger partial charge in [0.1, 0.15) is 11.1 Å². The molecule has 3 saturated heterocycles. The Kier molecular flexibility index (Phi) is 8.46. The summed E-state index contributed by atoms with van der Waals surface area (Å²) in [4.78, 5) is 24.5. The van der Waals surface area contributed by atoms with E-state index in [1.165, 1.54) is 7.11 Å². The van der Waals surface area contributed by atoms with Crippen molar-refractivity contribution in [2.24, 2.45) is 5.92 Å². The number of aryl methyl sites for hydroxylation is 1. The monoisotopic (exact) mass is 726 g/mol. The van der Waals surface area contributed by atoms with Gasteiger partial charge in [0, 0.05) is 64.9 Å². The van der Waals surface area contributed by atoms with Gasteiger partial charge in [-0.05, 0) is 81.3 Å². The van der Waals surface area contributed by atoms with Gasteiger partial charge in [-0.25, -0.2) is 14.2 Å². The molecule has 0 unspecified atom stereocenters. The van der Waals surface area contributed by atoms with Gasteiger partial charge < -0.3 is 19.7 Å². The van der Waals surface area contributed by atoms with Gasteiger partial charge in [-0.3, -0.25) is 9.88 Å². The van der Waals surface area contributed by atoms with E-state index in [4.69, 9.17) is 32.9 Å². The zero-order valence-electron chi connectivity index (χ0n) is 28.5. The minimum absolute atomic E-state index is 0.0828. The van der Waals surface area contributed by atoms with Crippen LogP contribution < -0.4 is 5.32 Å². The molecular weight excluding hydrogens is 690 g/mol. The first-order valence-electron chi connectivity index (χ1n) is 17.3. The first-order valence-corrected chi connectivity index (χ1v) is 18.1. The number of aliphatic hydroxyl groups is 1. The Morgan fingerprint density at radius 3 is 2.71 bits per heavy atom. The third kappa shape index (κ3) is 5.45. The molecule has 9 nitrogen and oxygen atoms in total. The largest absolute Gasteiger partial charge is 0.453 e. The van der Waals surface area contributed by atoms with Gasteiger partial charge in [0.15, 0.2) is 5.82 Å². The molecule has 2 bridgehead atoms. The van der Waals surface area contributed by atoms with Crippen LogP contribution in [-0.2, 0) is 16.8 Å². The van der Waals surface area contributed by atoms with Crippen LogP contribution in [-0.4, -0.2) is 56.9 Å². The number of halogens is 3. The number of nitrogens with one attached hydrogen (secondary N) is 1. The van der Waals surface area contributed by atoms with Crippen LogP contribution in [0.3, 0.4) is 0 Å². The van der Waals surface area contributed by atoms with Crippen molar-refractivity contribution in [1.82, 2.24) is 24.8 Å². The third-order valence-electron chi connectivity index (χ3n) is 10.9. The van der Waals surface area contributed by atoms with Gasteiger partial charge in [0.05, 0.1) is 52.2 Å². The minimum Gasteiger partial charge on any atom is -0.453 e. The van der Waals surface area contributed by atoms with Gasteiger partial charge in [-0.2, -0.15) is 5.26 Å².